The molecule has 1 aliphatic rings. The predicted molar refractivity (Wildman–Crippen MR) is 74.9 cm³/mol. The molecule has 0 radical (unpaired) electrons. The third kappa shape index (κ3) is 2.88. The quantitative estimate of drug-likeness (QED) is 0.920. The second-order valence-electron chi connectivity index (χ2n) is 4.76. The van der Waals surface area contributed by atoms with Crippen molar-refractivity contribution in [1.82, 2.24) is 10.3 Å². The smallest absolute Gasteiger partial charge is 0.108 e. The van der Waals surface area contributed by atoms with Gasteiger partial charge in [0, 0.05) is 19.8 Å². The van der Waals surface area contributed by atoms with E-state index in [1.165, 1.54) is 22.5 Å². The van der Waals surface area contributed by atoms with Gasteiger partial charge in [-0.3, -0.25) is 0 Å². The van der Waals surface area contributed by atoms with Gasteiger partial charge in [-0.15, -0.1) is 11.3 Å². The number of ether oxygens (including phenoxy) is 1. The third-order valence-corrected chi connectivity index (χ3v) is 4.42. The number of aromatic nitrogens is 1. The summed E-state index contributed by atoms with van der Waals surface area (Å²) in [6, 6.07) is 8.32. The van der Waals surface area contributed by atoms with Gasteiger partial charge in [-0.2, -0.15) is 0 Å². The van der Waals surface area contributed by atoms with Gasteiger partial charge < -0.3 is 10.1 Å². The molecule has 0 bridgehead atoms. The van der Waals surface area contributed by atoms with E-state index in [1.807, 2.05) is 6.07 Å². The molecule has 1 N–H and O–H groups in total. The second kappa shape index (κ2) is 5.78. The second-order valence-corrected chi connectivity index (χ2v) is 5.88. The summed E-state index contributed by atoms with van der Waals surface area (Å²) in [4.78, 5) is 4.63. The van der Waals surface area contributed by atoms with E-state index in [4.69, 9.17) is 4.74 Å². The average molecular weight is 262 g/mol. The number of fused-ring (bicyclic) bond motifs is 1. The highest BCUT2D eigenvalue weighted by Gasteiger charge is 2.13. The Kier molecular flexibility index (Phi) is 3.88. The molecular formula is C14H18N2OS. The van der Waals surface area contributed by atoms with Gasteiger partial charge in [-0.1, -0.05) is 12.1 Å². The molecule has 0 saturated carbocycles. The Morgan fingerprint density at radius 1 is 1.28 bits per heavy atom. The highest BCUT2D eigenvalue weighted by molar-refractivity contribution is 7.18. The zero-order chi connectivity index (χ0) is 12.2. The number of thiazole rings is 1. The van der Waals surface area contributed by atoms with Gasteiger partial charge in [-0.05, 0) is 37.4 Å². The SMILES string of the molecule is c1ccc2sc(CNCC3CCOCC3)nc2c1. The molecule has 3 rings (SSSR count). The summed E-state index contributed by atoms with van der Waals surface area (Å²) >= 11 is 1.79. The standard InChI is InChI=1S/C14H18N2OS/c1-2-4-13-12(3-1)16-14(18-13)10-15-9-11-5-7-17-8-6-11/h1-4,11,15H,5-10H2. The Bertz CT molecular complexity index is 472. The monoisotopic (exact) mass is 262 g/mol. The first kappa shape index (κ1) is 12.1. The highest BCUT2D eigenvalue weighted by Crippen LogP contribution is 2.21. The van der Waals surface area contributed by atoms with Crippen LogP contribution in [0.1, 0.15) is 17.8 Å². The van der Waals surface area contributed by atoms with Crippen LogP contribution in [-0.4, -0.2) is 24.7 Å². The minimum absolute atomic E-state index is 0.771. The lowest BCUT2D eigenvalue weighted by Crippen LogP contribution is -2.27. The molecule has 0 aliphatic carbocycles. The van der Waals surface area contributed by atoms with Gasteiger partial charge >= 0.3 is 0 Å². The average Bonchev–Trinajstić information content (AvgIpc) is 2.82. The van der Waals surface area contributed by atoms with Gasteiger partial charge in [0.25, 0.3) is 0 Å². The van der Waals surface area contributed by atoms with Crippen LogP contribution in [0.25, 0.3) is 10.2 Å². The zero-order valence-corrected chi connectivity index (χ0v) is 11.2. The van der Waals surface area contributed by atoms with Crippen LogP contribution in [0.4, 0.5) is 0 Å². The first-order valence-electron chi connectivity index (χ1n) is 6.55. The maximum absolute atomic E-state index is 5.37. The summed E-state index contributed by atoms with van der Waals surface area (Å²) in [5.74, 6) is 0.771. The summed E-state index contributed by atoms with van der Waals surface area (Å²) in [7, 11) is 0. The Morgan fingerprint density at radius 3 is 2.94 bits per heavy atom. The first-order valence-corrected chi connectivity index (χ1v) is 7.36. The third-order valence-electron chi connectivity index (χ3n) is 3.39. The van der Waals surface area contributed by atoms with Gasteiger partial charge in [0.1, 0.15) is 5.01 Å². The molecule has 3 nitrogen and oxygen atoms in total. The Hall–Kier alpha value is -0.970. The van der Waals surface area contributed by atoms with Crippen LogP contribution in [-0.2, 0) is 11.3 Å². The first-order chi connectivity index (χ1) is 8.92. The van der Waals surface area contributed by atoms with E-state index in [1.54, 1.807) is 11.3 Å². The van der Waals surface area contributed by atoms with E-state index >= 15 is 0 Å². The lowest BCUT2D eigenvalue weighted by atomic mass is 10.0. The van der Waals surface area contributed by atoms with Crippen molar-refractivity contribution in [2.45, 2.75) is 19.4 Å². The number of nitrogens with one attached hydrogen (secondary N) is 1. The summed E-state index contributed by atoms with van der Waals surface area (Å²) in [5.41, 5.74) is 1.12. The minimum atomic E-state index is 0.771. The highest BCUT2D eigenvalue weighted by atomic mass is 32.1. The normalized spacial score (nSPS) is 17.3. The minimum Gasteiger partial charge on any atom is -0.381 e. The zero-order valence-electron chi connectivity index (χ0n) is 10.4. The Balaban J connectivity index is 1.53. The molecule has 96 valence electrons. The van der Waals surface area contributed by atoms with Crippen molar-refractivity contribution in [1.29, 1.82) is 0 Å². The van der Waals surface area contributed by atoms with Crippen molar-refractivity contribution in [2.75, 3.05) is 19.8 Å². The lowest BCUT2D eigenvalue weighted by molar-refractivity contribution is 0.0662. The predicted octanol–water partition coefficient (Wildman–Crippen LogP) is 2.81. The molecule has 4 heteroatoms. The number of hydrogen-bond donors (Lipinski definition) is 1. The van der Waals surface area contributed by atoms with Crippen LogP contribution >= 0.6 is 11.3 Å². The van der Waals surface area contributed by atoms with Crippen molar-refractivity contribution in [3.8, 4) is 0 Å². The van der Waals surface area contributed by atoms with Crippen molar-refractivity contribution < 1.29 is 4.74 Å². The van der Waals surface area contributed by atoms with E-state index in [9.17, 15) is 0 Å². The van der Waals surface area contributed by atoms with E-state index in [2.05, 4.69) is 28.5 Å². The maximum atomic E-state index is 5.37. The fraction of sp³-hybridized carbons (Fsp3) is 0.500. The molecule has 1 aliphatic heterocycles. The van der Waals surface area contributed by atoms with Crippen molar-refractivity contribution in [2.24, 2.45) is 5.92 Å². The number of para-hydroxylation sites is 1. The van der Waals surface area contributed by atoms with Crippen molar-refractivity contribution in [3.05, 3.63) is 29.3 Å². The Labute approximate surface area is 111 Å². The van der Waals surface area contributed by atoms with Crippen LogP contribution in [0.2, 0.25) is 0 Å². The molecule has 0 atom stereocenters. The number of benzene rings is 1. The van der Waals surface area contributed by atoms with Crippen molar-refractivity contribution in [3.63, 3.8) is 0 Å². The molecule has 2 heterocycles. The molecule has 0 spiro atoms. The van der Waals surface area contributed by atoms with Gasteiger partial charge in [0.05, 0.1) is 10.2 Å². The van der Waals surface area contributed by atoms with E-state index < -0.39 is 0 Å². The largest absolute Gasteiger partial charge is 0.381 e. The molecule has 0 unspecified atom stereocenters. The van der Waals surface area contributed by atoms with E-state index in [-0.39, 0.29) is 0 Å². The summed E-state index contributed by atoms with van der Waals surface area (Å²) in [5, 5.41) is 4.71. The lowest BCUT2D eigenvalue weighted by Gasteiger charge is -2.21. The van der Waals surface area contributed by atoms with Gasteiger partial charge in [0.15, 0.2) is 0 Å². The van der Waals surface area contributed by atoms with Crippen LogP contribution in [0.3, 0.4) is 0 Å². The molecule has 2 aromatic rings. The molecule has 1 aromatic heterocycles. The fourth-order valence-electron chi connectivity index (χ4n) is 2.33. The van der Waals surface area contributed by atoms with Crippen LogP contribution in [0.5, 0.6) is 0 Å². The van der Waals surface area contributed by atoms with Crippen molar-refractivity contribution >= 4 is 21.6 Å². The van der Waals surface area contributed by atoms with Gasteiger partial charge in [-0.25, -0.2) is 4.98 Å². The fourth-order valence-corrected chi connectivity index (χ4v) is 3.27. The maximum Gasteiger partial charge on any atom is 0.108 e. The Morgan fingerprint density at radius 2 is 2.11 bits per heavy atom. The van der Waals surface area contributed by atoms with Crippen LogP contribution < -0.4 is 5.32 Å². The summed E-state index contributed by atoms with van der Waals surface area (Å²) in [6.07, 6.45) is 2.37. The van der Waals surface area contributed by atoms with E-state index in [0.717, 1.165) is 37.7 Å². The summed E-state index contributed by atoms with van der Waals surface area (Å²) in [6.45, 7) is 3.82. The molecule has 18 heavy (non-hydrogen) atoms. The van der Waals surface area contributed by atoms with E-state index in [0.29, 0.717) is 0 Å². The van der Waals surface area contributed by atoms with Gasteiger partial charge in [0.2, 0.25) is 0 Å². The number of hydrogen-bond acceptors (Lipinski definition) is 4. The molecule has 0 amide bonds. The molecule has 1 saturated heterocycles. The number of nitrogens with zero attached hydrogens (tertiary/aromatic N) is 1. The molecule has 1 aromatic carbocycles. The van der Waals surface area contributed by atoms with Crippen LogP contribution in [0, 0.1) is 5.92 Å². The topological polar surface area (TPSA) is 34.1 Å². The molecule has 1 fully saturated rings. The molecular weight excluding hydrogens is 244 g/mol. The number of rotatable bonds is 4. The van der Waals surface area contributed by atoms with Crippen LogP contribution in [0.15, 0.2) is 24.3 Å². The summed E-state index contributed by atoms with van der Waals surface area (Å²) < 4.78 is 6.64.